The summed E-state index contributed by atoms with van der Waals surface area (Å²) in [5.74, 6) is 3.12. The van der Waals surface area contributed by atoms with Crippen LogP contribution in [0, 0.1) is 23.2 Å². The van der Waals surface area contributed by atoms with Crippen molar-refractivity contribution in [2.75, 3.05) is 11.1 Å². The summed E-state index contributed by atoms with van der Waals surface area (Å²) < 4.78 is 5.55. The van der Waals surface area contributed by atoms with Crippen molar-refractivity contribution < 1.29 is 9.53 Å². The average molecular weight is 393 g/mol. The van der Waals surface area contributed by atoms with Crippen LogP contribution >= 0.6 is 0 Å². The SMILES string of the molecule is Nc1nc(COC(=O)CC23CC4CC(CC(C4)C2)C3)nc(Nc2ccccc2)n1. The number of nitrogens with zero attached hydrogens (tertiary/aromatic N) is 3. The number of esters is 1. The van der Waals surface area contributed by atoms with Gasteiger partial charge in [0.05, 0.1) is 6.42 Å². The topological polar surface area (TPSA) is 103 Å². The Balaban J connectivity index is 1.20. The largest absolute Gasteiger partial charge is 0.457 e. The van der Waals surface area contributed by atoms with Gasteiger partial charge in [-0.15, -0.1) is 0 Å². The number of nitrogens with two attached hydrogens (primary N) is 1. The molecule has 0 spiro atoms. The Morgan fingerprint density at radius 2 is 1.69 bits per heavy atom. The maximum absolute atomic E-state index is 12.6. The molecular formula is C22H27N5O2. The lowest BCUT2D eigenvalue weighted by Crippen LogP contribution is -2.47. The Kier molecular flexibility index (Phi) is 4.60. The molecule has 1 heterocycles. The first-order chi connectivity index (χ1) is 14.1. The van der Waals surface area contributed by atoms with E-state index < -0.39 is 0 Å². The van der Waals surface area contributed by atoms with Gasteiger partial charge in [0.1, 0.15) is 0 Å². The third-order valence-electron chi connectivity index (χ3n) is 6.78. The van der Waals surface area contributed by atoms with Crippen molar-refractivity contribution in [3.8, 4) is 0 Å². The van der Waals surface area contributed by atoms with Crippen LogP contribution in [0.2, 0.25) is 0 Å². The van der Waals surface area contributed by atoms with Crippen molar-refractivity contribution in [1.82, 2.24) is 15.0 Å². The Bertz CT molecular complexity index is 866. The number of nitrogens with one attached hydrogen (secondary N) is 1. The second-order valence-corrected chi connectivity index (χ2v) is 9.18. The van der Waals surface area contributed by atoms with Gasteiger partial charge in [-0.3, -0.25) is 4.79 Å². The number of hydrogen-bond acceptors (Lipinski definition) is 7. The van der Waals surface area contributed by atoms with E-state index in [1.165, 1.54) is 38.5 Å². The van der Waals surface area contributed by atoms with E-state index in [1.807, 2.05) is 30.3 Å². The number of anilines is 3. The van der Waals surface area contributed by atoms with Gasteiger partial charge in [-0.05, 0) is 73.8 Å². The molecule has 4 aliphatic rings. The highest BCUT2D eigenvalue weighted by atomic mass is 16.5. The van der Waals surface area contributed by atoms with Gasteiger partial charge in [-0.1, -0.05) is 18.2 Å². The van der Waals surface area contributed by atoms with Crippen molar-refractivity contribution in [1.29, 1.82) is 0 Å². The van der Waals surface area contributed by atoms with Crippen LogP contribution in [-0.2, 0) is 16.1 Å². The molecule has 1 aromatic carbocycles. The predicted octanol–water partition coefficient (Wildman–Crippen LogP) is 3.85. The Morgan fingerprint density at radius 1 is 1.03 bits per heavy atom. The van der Waals surface area contributed by atoms with Crippen LogP contribution in [0.1, 0.15) is 50.8 Å². The van der Waals surface area contributed by atoms with E-state index in [0.717, 1.165) is 23.4 Å². The van der Waals surface area contributed by atoms with Crippen molar-refractivity contribution in [3.05, 3.63) is 36.2 Å². The lowest BCUT2D eigenvalue weighted by atomic mass is 9.49. The van der Waals surface area contributed by atoms with Crippen molar-refractivity contribution in [2.45, 2.75) is 51.6 Å². The summed E-state index contributed by atoms with van der Waals surface area (Å²) in [7, 11) is 0. The molecule has 6 rings (SSSR count). The molecule has 152 valence electrons. The summed E-state index contributed by atoms with van der Waals surface area (Å²) in [6, 6.07) is 9.58. The summed E-state index contributed by atoms with van der Waals surface area (Å²) >= 11 is 0. The number of para-hydroxylation sites is 1. The van der Waals surface area contributed by atoms with Gasteiger partial charge in [0.2, 0.25) is 11.9 Å². The van der Waals surface area contributed by atoms with Gasteiger partial charge in [0, 0.05) is 5.69 Å². The maximum Gasteiger partial charge on any atom is 0.306 e. The molecule has 4 saturated carbocycles. The van der Waals surface area contributed by atoms with E-state index in [9.17, 15) is 4.79 Å². The fourth-order valence-electron chi connectivity index (χ4n) is 6.22. The molecule has 4 bridgehead atoms. The molecule has 0 aliphatic heterocycles. The molecule has 0 saturated heterocycles. The highest BCUT2D eigenvalue weighted by Gasteiger charge is 2.51. The number of ether oxygens (including phenoxy) is 1. The first kappa shape index (κ1) is 18.3. The van der Waals surface area contributed by atoms with E-state index in [4.69, 9.17) is 10.5 Å². The molecule has 4 fully saturated rings. The molecule has 0 radical (unpaired) electrons. The first-order valence-electron chi connectivity index (χ1n) is 10.5. The van der Waals surface area contributed by atoms with Crippen molar-refractivity contribution >= 4 is 23.6 Å². The zero-order chi connectivity index (χ0) is 19.8. The highest BCUT2D eigenvalue weighted by molar-refractivity contribution is 5.70. The summed E-state index contributed by atoms with van der Waals surface area (Å²) in [6.07, 6.45) is 8.21. The van der Waals surface area contributed by atoms with Crippen LogP contribution in [0.25, 0.3) is 0 Å². The van der Waals surface area contributed by atoms with E-state index in [2.05, 4.69) is 20.3 Å². The summed E-state index contributed by atoms with van der Waals surface area (Å²) in [4.78, 5) is 25.2. The minimum Gasteiger partial charge on any atom is -0.457 e. The number of carbonyl (C=O) groups excluding carboxylic acids is 1. The van der Waals surface area contributed by atoms with Crippen LogP contribution in [0.15, 0.2) is 30.3 Å². The van der Waals surface area contributed by atoms with Crippen molar-refractivity contribution in [3.63, 3.8) is 0 Å². The number of benzene rings is 1. The standard InChI is InChI=1S/C22H27N5O2/c23-20-25-18(26-21(27-20)24-17-4-2-1-3-5-17)13-29-19(28)12-22-9-14-6-15(10-22)8-16(7-14)11-22/h1-5,14-16H,6-13H2,(H3,23,24,25,26,27). The van der Waals surface area contributed by atoms with Crippen LogP contribution in [0.4, 0.5) is 17.6 Å². The molecule has 1 aromatic heterocycles. The number of nitrogen functional groups attached to an aromatic ring is 1. The monoisotopic (exact) mass is 393 g/mol. The molecule has 0 unspecified atom stereocenters. The number of carbonyl (C=O) groups is 1. The minimum atomic E-state index is -0.150. The molecule has 7 nitrogen and oxygen atoms in total. The predicted molar refractivity (Wildman–Crippen MR) is 109 cm³/mol. The number of aromatic nitrogens is 3. The lowest BCUT2D eigenvalue weighted by molar-refractivity contribution is -0.153. The zero-order valence-corrected chi connectivity index (χ0v) is 16.5. The second-order valence-electron chi connectivity index (χ2n) is 9.18. The van der Waals surface area contributed by atoms with E-state index >= 15 is 0 Å². The van der Waals surface area contributed by atoms with Crippen LogP contribution in [-0.4, -0.2) is 20.9 Å². The fraction of sp³-hybridized carbons (Fsp3) is 0.545. The molecule has 3 N–H and O–H groups in total. The summed E-state index contributed by atoms with van der Waals surface area (Å²) in [5.41, 5.74) is 6.83. The average Bonchev–Trinajstić information content (AvgIpc) is 2.65. The van der Waals surface area contributed by atoms with Gasteiger partial charge >= 0.3 is 5.97 Å². The quantitative estimate of drug-likeness (QED) is 0.719. The zero-order valence-electron chi connectivity index (χ0n) is 16.5. The summed E-state index contributed by atoms with van der Waals surface area (Å²) in [6.45, 7) is 0.0153. The maximum atomic E-state index is 12.6. The minimum absolute atomic E-state index is 0.0153. The normalized spacial score (nSPS) is 29.6. The lowest BCUT2D eigenvalue weighted by Gasteiger charge is -2.56. The van der Waals surface area contributed by atoms with Gasteiger partial charge < -0.3 is 15.8 Å². The molecule has 7 heteroatoms. The molecule has 0 atom stereocenters. The van der Waals surface area contributed by atoms with Crippen molar-refractivity contribution in [2.24, 2.45) is 23.2 Å². The molecule has 29 heavy (non-hydrogen) atoms. The highest BCUT2D eigenvalue weighted by Crippen LogP contribution is 2.61. The Morgan fingerprint density at radius 3 is 2.34 bits per heavy atom. The number of hydrogen-bond donors (Lipinski definition) is 2. The van der Waals surface area contributed by atoms with Crippen LogP contribution < -0.4 is 11.1 Å². The molecular weight excluding hydrogens is 366 g/mol. The molecule has 0 amide bonds. The van der Waals surface area contributed by atoms with Crippen LogP contribution in [0.3, 0.4) is 0 Å². The van der Waals surface area contributed by atoms with E-state index in [0.29, 0.717) is 18.2 Å². The third-order valence-corrected chi connectivity index (χ3v) is 6.78. The number of rotatable bonds is 6. The molecule has 2 aromatic rings. The van der Waals surface area contributed by atoms with Gasteiger partial charge in [-0.25, -0.2) is 0 Å². The Hall–Kier alpha value is -2.70. The smallest absolute Gasteiger partial charge is 0.306 e. The molecule has 4 aliphatic carbocycles. The second kappa shape index (κ2) is 7.28. The third kappa shape index (κ3) is 4.04. The van der Waals surface area contributed by atoms with Gasteiger partial charge in [0.25, 0.3) is 0 Å². The van der Waals surface area contributed by atoms with Gasteiger partial charge in [-0.2, -0.15) is 15.0 Å². The summed E-state index contributed by atoms with van der Waals surface area (Å²) in [5, 5.41) is 3.09. The Labute approximate surface area is 170 Å². The van der Waals surface area contributed by atoms with E-state index in [-0.39, 0.29) is 23.9 Å². The van der Waals surface area contributed by atoms with E-state index in [1.54, 1.807) is 0 Å². The first-order valence-corrected chi connectivity index (χ1v) is 10.5. The van der Waals surface area contributed by atoms with Crippen LogP contribution in [0.5, 0.6) is 0 Å². The van der Waals surface area contributed by atoms with Gasteiger partial charge in [0.15, 0.2) is 12.4 Å². The fourth-order valence-corrected chi connectivity index (χ4v) is 6.22.